The third-order valence-electron chi connectivity index (χ3n) is 2.56. The smallest absolute Gasteiger partial charge is 0.215 e. The second-order valence-corrected chi connectivity index (χ2v) is 4.02. The molecule has 0 saturated carbocycles. The first-order valence-electron chi connectivity index (χ1n) is 6.42. The molecule has 0 bridgehead atoms. The molecule has 0 unspecified atom stereocenters. The van der Waals surface area contributed by atoms with Gasteiger partial charge >= 0.3 is 0 Å². The van der Waals surface area contributed by atoms with E-state index in [2.05, 4.69) is 15.7 Å². The van der Waals surface area contributed by atoms with E-state index < -0.39 is 0 Å². The minimum absolute atomic E-state index is 0.473. The molecule has 0 amide bonds. The number of benzene rings is 2. The van der Waals surface area contributed by atoms with Crippen LogP contribution in [0.15, 0.2) is 59.6 Å². The van der Waals surface area contributed by atoms with Crippen LogP contribution in [-0.4, -0.2) is 12.6 Å². The van der Waals surface area contributed by atoms with Crippen LogP contribution >= 0.6 is 0 Å². The average molecular weight is 270 g/mol. The Morgan fingerprint density at radius 1 is 1.10 bits per heavy atom. The maximum absolute atomic E-state index is 5.48. The van der Waals surface area contributed by atoms with E-state index in [1.807, 2.05) is 61.5 Å². The van der Waals surface area contributed by atoms with Crippen molar-refractivity contribution < 1.29 is 4.74 Å². The molecule has 0 saturated heterocycles. The van der Waals surface area contributed by atoms with Crippen molar-refractivity contribution in [2.75, 3.05) is 11.9 Å². The van der Waals surface area contributed by atoms with Gasteiger partial charge in [-0.2, -0.15) is 0 Å². The summed E-state index contributed by atoms with van der Waals surface area (Å²) in [5.41, 5.74) is 4.24. The highest BCUT2D eigenvalue weighted by molar-refractivity contribution is 5.94. The molecule has 0 spiro atoms. The van der Waals surface area contributed by atoms with Crippen LogP contribution < -0.4 is 21.3 Å². The molecule has 0 radical (unpaired) electrons. The summed E-state index contributed by atoms with van der Waals surface area (Å²) in [5.74, 6) is 6.77. The molecule has 104 valence electrons. The summed E-state index contributed by atoms with van der Waals surface area (Å²) in [6.07, 6.45) is 0. The minimum Gasteiger partial charge on any atom is -0.494 e. The van der Waals surface area contributed by atoms with Gasteiger partial charge in [-0.3, -0.25) is 5.43 Å². The van der Waals surface area contributed by atoms with Crippen molar-refractivity contribution in [1.29, 1.82) is 0 Å². The van der Waals surface area contributed by atoms with Crippen LogP contribution in [0.5, 0.6) is 5.75 Å². The summed E-state index contributed by atoms with van der Waals surface area (Å²) in [6, 6.07) is 17.2. The molecule has 0 aliphatic carbocycles. The fourth-order valence-electron chi connectivity index (χ4n) is 1.67. The summed E-state index contributed by atoms with van der Waals surface area (Å²) in [5, 5.41) is 3.10. The molecule has 5 heteroatoms. The summed E-state index contributed by atoms with van der Waals surface area (Å²) in [7, 11) is 0. The number of anilines is 1. The number of ether oxygens (including phenoxy) is 1. The maximum Gasteiger partial charge on any atom is 0.215 e. The molecule has 0 aliphatic rings. The first-order chi connectivity index (χ1) is 9.81. The molecule has 2 aromatic carbocycles. The first-order valence-corrected chi connectivity index (χ1v) is 6.42. The van der Waals surface area contributed by atoms with Crippen molar-refractivity contribution >= 4 is 17.3 Å². The lowest BCUT2D eigenvalue weighted by molar-refractivity contribution is 0.340. The highest BCUT2D eigenvalue weighted by atomic mass is 16.5. The fraction of sp³-hybridized carbons (Fsp3) is 0.133. The number of rotatable bonds is 4. The Bertz CT molecular complexity index is 552. The average Bonchev–Trinajstić information content (AvgIpc) is 2.50. The zero-order valence-electron chi connectivity index (χ0n) is 11.3. The second kappa shape index (κ2) is 7.16. The van der Waals surface area contributed by atoms with Crippen molar-refractivity contribution in [3.63, 3.8) is 0 Å². The molecule has 0 heterocycles. The van der Waals surface area contributed by atoms with Gasteiger partial charge in [0.05, 0.1) is 12.3 Å². The van der Waals surface area contributed by atoms with Crippen LogP contribution in [-0.2, 0) is 0 Å². The molecule has 0 aromatic heterocycles. The number of hydrazine groups is 1. The molecule has 0 atom stereocenters. The lowest BCUT2D eigenvalue weighted by Crippen LogP contribution is -2.35. The number of aliphatic imine (C=N–C) groups is 1. The van der Waals surface area contributed by atoms with Crippen LogP contribution in [0.3, 0.4) is 0 Å². The van der Waals surface area contributed by atoms with Crippen molar-refractivity contribution in [2.45, 2.75) is 6.92 Å². The van der Waals surface area contributed by atoms with Crippen molar-refractivity contribution in [3.8, 4) is 5.75 Å². The predicted molar refractivity (Wildman–Crippen MR) is 82.1 cm³/mol. The summed E-state index contributed by atoms with van der Waals surface area (Å²) in [6.45, 7) is 2.60. The standard InChI is InChI=1S/C15H18N4O/c1-2-20-14-10-8-13(9-11-14)18-15(19-16)17-12-6-4-3-5-7-12/h3-11H,2,16H2,1H3,(H2,17,18,19). The van der Waals surface area contributed by atoms with Gasteiger partial charge in [0.25, 0.3) is 0 Å². The maximum atomic E-state index is 5.48. The molecule has 5 nitrogen and oxygen atoms in total. The van der Waals surface area contributed by atoms with Crippen LogP contribution in [0, 0.1) is 0 Å². The topological polar surface area (TPSA) is 71.7 Å². The summed E-state index contributed by atoms with van der Waals surface area (Å²) < 4.78 is 5.38. The second-order valence-electron chi connectivity index (χ2n) is 4.02. The fourth-order valence-corrected chi connectivity index (χ4v) is 1.67. The number of nitrogens with one attached hydrogen (secondary N) is 2. The van der Waals surface area contributed by atoms with Crippen LogP contribution in [0.1, 0.15) is 6.92 Å². The molecule has 0 aliphatic heterocycles. The van der Waals surface area contributed by atoms with Crippen molar-refractivity contribution in [3.05, 3.63) is 54.6 Å². The van der Waals surface area contributed by atoms with Gasteiger partial charge in [0.1, 0.15) is 5.75 Å². The number of nitrogens with zero attached hydrogens (tertiary/aromatic N) is 1. The number of nitrogens with two attached hydrogens (primary N) is 1. The molecule has 20 heavy (non-hydrogen) atoms. The van der Waals surface area contributed by atoms with E-state index in [-0.39, 0.29) is 0 Å². The number of hydrogen-bond donors (Lipinski definition) is 3. The van der Waals surface area contributed by atoms with E-state index in [0.717, 1.165) is 17.1 Å². The van der Waals surface area contributed by atoms with E-state index >= 15 is 0 Å². The Morgan fingerprint density at radius 2 is 1.80 bits per heavy atom. The Morgan fingerprint density at radius 3 is 2.40 bits per heavy atom. The quantitative estimate of drug-likeness (QED) is 0.346. The monoisotopic (exact) mass is 270 g/mol. The summed E-state index contributed by atoms with van der Waals surface area (Å²) in [4.78, 5) is 4.39. The SMILES string of the molecule is CCOc1ccc(N=C(NN)Nc2ccccc2)cc1. The number of guanidine groups is 1. The van der Waals surface area contributed by atoms with E-state index in [9.17, 15) is 0 Å². The van der Waals surface area contributed by atoms with Crippen LogP contribution in [0.2, 0.25) is 0 Å². The third-order valence-corrected chi connectivity index (χ3v) is 2.56. The van der Waals surface area contributed by atoms with E-state index in [4.69, 9.17) is 10.6 Å². The lowest BCUT2D eigenvalue weighted by atomic mass is 10.3. The Labute approximate surface area is 118 Å². The molecule has 0 fully saturated rings. The molecule has 2 aromatic rings. The highest BCUT2D eigenvalue weighted by Gasteiger charge is 1.99. The molecular weight excluding hydrogens is 252 g/mol. The van der Waals surface area contributed by atoms with E-state index in [1.165, 1.54) is 0 Å². The third kappa shape index (κ3) is 4.00. The van der Waals surface area contributed by atoms with Gasteiger partial charge in [0, 0.05) is 5.69 Å². The molecule has 2 rings (SSSR count). The largest absolute Gasteiger partial charge is 0.494 e. The highest BCUT2D eigenvalue weighted by Crippen LogP contribution is 2.18. The molecular formula is C15H18N4O. The lowest BCUT2D eigenvalue weighted by Gasteiger charge is -2.09. The Balaban J connectivity index is 2.10. The van der Waals surface area contributed by atoms with Crippen molar-refractivity contribution in [2.24, 2.45) is 10.8 Å². The van der Waals surface area contributed by atoms with Crippen LogP contribution in [0.4, 0.5) is 11.4 Å². The van der Waals surface area contributed by atoms with Gasteiger partial charge in [-0.1, -0.05) is 18.2 Å². The summed E-state index contributed by atoms with van der Waals surface area (Å²) >= 11 is 0. The molecule has 4 N–H and O–H groups in total. The van der Waals surface area contributed by atoms with Gasteiger partial charge in [-0.15, -0.1) is 0 Å². The van der Waals surface area contributed by atoms with Gasteiger partial charge in [-0.05, 0) is 43.3 Å². The van der Waals surface area contributed by atoms with Gasteiger partial charge < -0.3 is 10.1 Å². The normalized spacial score (nSPS) is 11.0. The zero-order valence-corrected chi connectivity index (χ0v) is 11.3. The minimum atomic E-state index is 0.473. The Hall–Kier alpha value is -2.53. The van der Waals surface area contributed by atoms with Gasteiger partial charge in [0.2, 0.25) is 5.96 Å². The van der Waals surface area contributed by atoms with Gasteiger partial charge in [-0.25, -0.2) is 10.8 Å². The number of hydrogen-bond acceptors (Lipinski definition) is 3. The number of para-hydroxylation sites is 1. The zero-order chi connectivity index (χ0) is 14.2. The van der Waals surface area contributed by atoms with Crippen molar-refractivity contribution in [1.82, 2.24) is 5.43 Å². The first kappa shape index (κ1) is 13.9. The van der Waals surface area contributed by atoms with E-state index in [0.29, 0.717) is 12.6 Å². The Kier molecular flexibility index (Phi) is 4.97. The van der Waals surface area contributed by atoms with E-state index in [1.54, 1.807) is 0 Å². The predicted octanol–water partition coefficient (Wildman–Crippen LogP) is 2.65. The van der Waals surface area contributed by atoms with Gasteiger partial charge in [0.15, 0.2) is 0 Å². The van der Waals surface area contributed by atoms with Crippen LogP contribution in [0.25, 0.3) is 0 Å².